The van der Waals surface area contributed by atoms with E-state index in [9.17, 15) is 0 Å². The SMILES string of the molecule is CCCCc1nccc(-c2cc[c-]s2)n1.[W]. The van der Waals surface area contributed by atoms with E-state index in [1.54, 1.807) is 11.3 Å². The van der Waals surface area contributed by atoms with E-state index in [0.29, 0.717) is 0 Å². The molecule has 0 aliphatic carbocycles. The van der Waals surface area contributed by atoms with E-state index in [0.717, 1.165) is 29.2 Å². The van der Waals surface area contributed by atoms with Crippen molar-refractivity contribution in [3.05, 3.63) is 35.6 Å². The van der Waals surface area contributed by atoms with Crippen molar-refractivity contribution in [2.45, 2.75) is 26.2 Å². The van der Waals surface area contributed by atoms with Crippen LogP contribution in [0.3, 0.4) is 0 Å². The molecule has 16 heavy (non-hydrogen) atoms. The van der Waals surface area contributed by atoms with Gasteiger partial charge >= 0.3 is 0 Å². The minimum absolute atomic E-state index is 0. The molecule has 4 heteroatoms. The van der Waals surface area contributed by atoms with Crippen molar-refractivity contribution in [3.63, 3.8) is 0 Å². The number of rotatable bonds is 4. The van der Waals surface area contributed by atoms with Gasteiger partial charge in [-0.15, -0.1) is 10.3 Å². The third-order valence-electron chi connectivity index (χ3n) is 2.18. The van der Waals surface area contributed by atoms with Crippen LogP contribution in [0.25, 0.3) is 10.6 Å². The van der Waals surface area contributed by atoms with E-state index in [4.69, 9.17) is 0 Å². The van der Waals surface area contributed by atoms with E-state index in [-0.39, 0.29) is 21.1 Å². The van der Waals surface area contributed by atoms with Crippen molar-refractivity contribution in [1.82, 2.24) is 9.97 Å². The monoisotopic (exact) mass is 401 g/mol. The summed E-state index contributed by atoms with van der Waals surface area (Å²) in [4.78, 5) is 9.96. The van der Waals surface area contributed by atoms with E-state index >= 15 is 0 Å². The first-order valence-corrected chi connectivity index (χ1v) is 6.00. The van der Waals surface area contributed by atoms with Crippen LogP contribution in [0.1, 0.15) is 25.6 Å². The van der Waals surface area contributed by atoms with Gasteiger partial charge in [0.25, 0.3) is 0 Å². The molecule has 0 spiro atoms. The fourth-order valence-corrected chi connectivity index (χ4v) is 1.99. The molecule has 0 unspecified atom stereocenters. The maximum Gasteiger partial charge on any atom is 0.127 e. The van der Waals surface area contributed by atoms with Crippen molar-refractivity contribution in [2.24, 2.45) is 0 Å². The van der Waals surface area contributed by atoms with Crippen LogP contribution in [0.4, 0.5) is 0 Å². The predicted molar refractivity (Wildman–Crippen MR) is 62.8 cm³/mol. The van der Waals surface area contributed by atoms with E-state index in [1.807, 2.05) is 24.4 Å². The van der Waals surface area contributed by atoms with E-state index < -0.39 is 0 Å². The van der Waals surface area contributed by atoms with Crippen LogP contribution in [0, 0.1) is 5.38 Å². The Balaban J connectivity index is 0.00000128. The zero-order chi connectivity index (χ0) is 10.5. The topological polar surface area (TPSA) is 25.8 Å². The van der Waals surface area contributed by atoms with Gasteiger partial charge in [-0.25, -0.2) is 9.97 Å². The number of aromatic nitrogens is 2. The third-order valence-corrected chi connectivity index (χ3v) is 3.00. The summed E-state index contributed by atoms with van der Waals surface area (Å²) in [5.74, 6) is 0.947. The first-order chi connectivity index (χ1) is 7.40. The fraction of sp³-hybridized carbons (Fsp3) is 0.333. The second-order valence-corrected chi connectivity index (χ2v) is 4.26. The number of hydrogen-bond acceptors (Lipinski definition) is 3. The Labute approximate surface area is 114 Å². The Morgan fingerprint density at radius 3 is 2.94 bits per heavy atom. The van der Waals surface area contributed by atoms with Gasteiger partial charge in [-0.3, -0.25) is 11.3 Å². The molecule has 0 radical (unpaired) electrons. The number of aryl methyl sites for hydroxylation is 1. The van der Waals surface area contributed by atoms with Gasteiger partial charge < -0.3 is 0 Å². The van der Waals surface area contributed by atoms with Crippen LogP contribution in [0.5, 0.6) is 0 Å². The van der Waals surface area contributed by atoms with Gasteiger partial charge in [0.2, 0.25) is 0 Å². The van der Waals surface area contributed by atoms with Crippen LogP contribution in [-0.4, -0.2) is 9.97 Å². The van der Waals surface area contributed by atoms with Gasteiger partial charge in [-0.1, -0.05) is 13.3 Å². The Hall–Kier alpha value is -0.532. The summed E-state index contributed by atoms with van der Waals surface area (Å²) >= 11 is 1.59. The van der Waals surface area contributed by atoms with Crippen molar-refractivity contribution >= 4 is 11.3 Å². The van der Waals surface area contributed by atoms with Gasteiger partial charge in [0.1, 0.15) is 5.82 Å². The van der Waals surface area contributed by atoms with E-state index in [1.165, 1.54) is 6.42 Å². The van der Waals surface area contributed by atoms with Gasteiger partial charge in [-0.05, 0) is 12.5 Å². The third kappa shape index (κ3) is 3.50. The summed E-state index contributed by atoms with van der Waals surface area (Å²) in [6.07, 6.45) is 5.15. The van der Waals surface area contributed by atoms with Crippen LogP contribution in [0.15, 0.2) is 24.4 Å². The van der Waals surface area contributed by atoms with Crippen molar-refractivity contribution < 1.29 is 21.1 Å². The molecular weight excluding hydrogens is 388 g/mol. The normalized spacial score (nSPS) is 9.81. The first-order valence-electron chi connectivity index (χ1n) is 5.18. The Kier molecular flexibility index (Phi) is 5.86. The molecule has 84 valence electrons. The largest absolute Gasteiger partial charge is 0.294 e. The average molecular weight is 401 g/mol. The summed E-state index contributed by atoms with van der Waals surface area (Å²) in [5, 5.41) is 3.07. The van der Waals surface area contributed by atoms with E-state index in [2.05, 4.69) is 22.3 Å². The smallest absolute Gasteiger partial charge is 0.127 e. The molecule has 0 aromatic carbocycles. The number of unbranched alkanes of at least 4 members (excludes halogenated alkanes) is 1. The Bertz CT molecular complexity index is 415. The summed E-state index contributed by atoms with van der Waals surface area (Å²) in [5.41, 5.74) is 1.02. The number of hydrogen-bond donors (Lipinski definition) is 0. The molecule has 0 bridgehead atoms. The molecule has 0 saturated heterocycles. The zero-order valence-electron chi connectivity index (χ0n) is 9.14. The van der Waals surface area contributed by atoms with Crippen LogP contribution >= 0.6 is 11.3 Å². The second-order valence-electron chi connectivity index (χ2n) is 3.38. The van der Waals surface area contributed by atoms with Crippen molar-refractivity contribution in [3.8, 4) is 10.6 Å². The summed E-state index contributed by atoms with van der Waals surface area (Å²) in [7, 11) is 0. The Morgan fingerprint density at radius 2 is 2.25 bits per heavy atom. The quantitative estimate of drug-likeness (QED) is 0.735. The molecule has 2 aromatic heterocycles. The molecule has 2 rings (SSSR count). The summed E-state index contributed by atoms with van der Waals surface area (Å²) in [6.45, 7) is 2.18. The van der Waals surface area contributed by atoms with Crippen molar-refractivity contribution in [2.75, 3.05) is 0 Å². The summed E-state index contributed by atoms with van der Waals surface area (Å²) < 4.78 is 0. The molecule has 2 heterocycles. The van der Waals surface area contributed by atoms with Gasteiger partial charge in [0.15, 0.2) is 0 Å². The van der Waals surface area contributed by atoms with Gasteiger partial charge in [0.05, 0.1) is 0 Å². The predicted octanol–water partition coefficient (Wildman–Crippen LogP) is 3.35. The Morgan fingerprint density at radius 1 is 1.38 bits per heavy atom. The van der Waals surface area contributed by atoms with Crippen LogP contribution < -0.4 is 0 Å². The van der Waals surface area contributed by atoms with Gasteiger partial charge in [0, 0.05) is 39.4 Å². The van der Waals surface area contributed by atoms with Crippen LogP contribution in [0.2, 0.25) is 0 Å². The molecular formula is C12H13N2SW-. The summed E-state index contributed by atoms with van der Waals surface area (Å²) in [6, 6.07) is 5.92. The molecule has 0 amide bonds. The minimum Gasteiger partial charge on any atom is -0.294 e. The second kappa shape index (κ2) is 6.92. The number of thiophene rings is 1. The molecule has 0 saturated carbocycles. The van der Waals surface area contributed by atoms with Crippen molar-refractivity contribution in [1.29, 1.82) is 0 Å². The maximum absolute atomic E-state index is 4.53. The van der Waals surface area contributed by atoms with Crippen LogP contribution in [-0.2, 0) is 27.5 Å². The molecule has 0 N–H and O–H groups in total. The molecule has 0 atom stereocenters. The molecule has 2 aromatic rings. The molecule has 2 nitrogen and oxygen atoms in total. The molecule has 0 fully saturated rings. The van der Waals surface area contributed by atoms with Gasteiger partial charge in [-0.2, -0.15) is 12.1 Å². The zero-order valence-corrected chi connectivity index (χ0v) is 12.9. The first kappa shape index (κ1) is 13.5. The maximum atomic E-state index is 4.53. The molecule has 0 aliphatic rings. The molecule has 0 aliphatic heterocycles. The average Bonchev–Trinajstić information content (AvgIpc) is 2.80. The standard InChI is InChI=1S/C12H13N2S.W/c1-2-3-6-12-13-8-7-10(14-12)11-5-4-9-15-11;/h4-5,7-8H,2-3,6H2,1H3;/q-1;. The number of nitrogens with zero attached hydrogens (tertiary/aromatic N) is 2. The minimum atomic E-state index is 0. The fourth-order valence-electron chi connectivity index (χ4n) is 1.37.